The van der Waals surface area contributed by atoms with Crippen molar-refractivity contribution in [2.24, 2.45) is 10.7 Å². The molecule has 0 rings (SSSR count). The highest BCUT2D eigenvalue weighted by Crippen LogP contribution is 1.96. The quantitative estimate of drug-likeness (QED) is 0.235. The summed E-state index contributed by atoms with van der Waals surface area (Å²) in [7, 11) is 0. The summed E-state index contributed by atoms with van der Waals surface area (Å²) in [5.74, 6) is 0.569. The molecule has 0 spiro atoms. The van der Waals surface area contributed by atoms with Crippen molar-refractivity contribution in [2.75, 3.05) is 26.3 Å². The van der Waals surface area contributed by atoms with Gasteiger partial charge in [0.25, 0.3) is 0 Å². The summed E-state index contributed by atoms with van der Waals surface area (Å²) in [5, 5.41) is 3.14. The first kappa shape index (κ1) is 21.3. The summed E-state index contributed by atoms with van der Waals surface area (Å²) in [5.41, 5.74) is 5.75. The van der Waals surface area contributed by atoms with E-state index < -0.39 is 0 Å². The van der Waals surface area contributed by atoms with Gasteiger partial charge in [-0.2, -0.15) is 0 Å². The summed E-state index contributed by atoms with van der Waals surface area (Å²) in [6, 6.07) is 0. The average molecular weight is 385 g/mol. The van der Waals surface area contributed by atoms with Crippen LogP contribution in [-0.2, 0) is 4.74 Å². The van der Waals surface area contributed by atoms with Gasteiger partial charge in [-0.15, -0.1) is 24.0 Å². The Morgan fingerprint density at radius 1 is 1.00 bits per heavy atom. The Balaban J connectivity index is 0. The fraction of sp³-hybridized carbons (Fsp3) is 0.929. The Bertz CT molecular complexity index is 201. The van der Waals surface area contributed by atoms with E-state index in [2.05, 4.69) is 24.2 Å². The minimum Gasteiger partial charge on any atom is -0.381 e. The Morgan fingerprint density at radius 3 is 2.37 bits per heavy atom. The fourth-order valence-corrected chi connectivity index (χ4v) is 1.54. The van der Waals surface area contributed by atoms with Crippen LogP contribution >= 0.6 is 24.0 Å². The molecule has 0 bridgehead atoms. The lowest BCUT2D eigenvalue weighted by atomic mass is 10.2. The molecule has 0 heterocycles. The van der Waals surface area contributed by atoms with Gasteiger partial charge in [-0.05, 0) is 19.3 Å². The zero-order chi connectivity index (χ0) is 13.5. The van der Waals surface area contributed by atoms with Crippen molar-refractivity contribution in [3.8, 4) is 0 Å². The lowest BCUT2D eigenvalue weighted by molar-refractivity contribution is 0.130. The molecule has 0 saturated heterocycles. The molecule has 0 atom stereocenters. The Kier molecular flexibility index (Phi) is 20.1. The lowest BCUT2D eigenvalue weighted by Gasteiger charge is -2.05. The van der Waals surface area contributed by atoms with E-state index >= 15 is 0 Å². The molecule has 0 fully saturated rings. The molecule has 0 aliphatic carbocycles. The largest absolute Gasteiger partial charge is 0.381 e. The van der Waals surface area contributed by atoms with Crippen molar-refractivity contribution in [1.82, 2.24) is 5.32 Å². The van der Waals surface area contributed by atoms with E-state index in [-0.39, 0.29) is 24.0 Å². The van der Waals surface area contributed by atoms with Gasteiger partial charge in [0, 0.05) is 26.3 Å². The standard InChI is InChI=1S/C14H31N3O.HI/c1-3-5-7-8-10-16-14(15)17-11-9-13-18-12-6-4-2;/h3-13H2,1-2H3,(H3,15,16,17);1H. The third-order valence-corrected chi connectivity index (χ3v) is 2.71. The van der Waals surface area contributed by atoms with Crippen LogP contribution in [0, 0.1) is 0 Å². The molecular weight excluding hydrogens is 353 g/mol. The molecular formula is C14H32IN3O. The third-order valence-electron chi connectivity index (χ3n) is 2.71. The van der Waals surface area contributed by atoms with Crippen LogP contribution in [-0.4, -0.2) is 32.3 Å². The predicted octanol–water partition coefficient (Wildman–Crippen LogP) is 3.30. The number of rotatable bonds is 12. The van der Waals surface area contributed by atoms with Crippen LogP contribution in [0.15, 0.2) is 4.99 Å². The molecule has 0 aliphatic rings. The number of hydrogen-bond donors (Lipinski definition) is 2. The maximum atomic E-state index is 5.75. The van der Waals surface area contributed by atoms with Gasteiger partial charge in [-0.3, -0.25) is 4.99 Å². The predicted molar refractivity (Wildman–Crippen MR) is 94.4 cm³/mol. The van der Waals surface area contributed by atoms with Gasteiger partial charge in [-0.1, -0.05) is 39.5 Å². The zero-order valence-electron chi connectivity index (χ0n) is 12.6. The lowest BCUT2D eigenvalue weighted by Crippen LogP contribution is -2.32. The summed E-state index contributed by atoms with van der Waals surface area (Å²) in [4.78, 5) is 4.26. The minimum absolute atomic E-state index is 0. The normalized spacial score (nSPS) is 11.2. The molecule has 0 aromatic heterocycles. The number of guanidine groups is 1. The first-order chi connectivity index (χ1) is 8.81. The second-order valence-electron chi connectivity index (χ2n) is 4.57. The van der Waals surface area contributed by atoms with E-state index in [9.17, 15) is 0 Å². The van der Waals surface area contributed by atoms with E-state index in [1.807, 2.05) is 0 Å². The molecule has 0 amide bonds. The molecule has 3 N–H and O–H groups in total. The molecule has 0 aromatic carbocycles. The summed E-state index contributed by atoms with van der Waals surface area (Å²) >= 11 is 0. The third kappa shape index (κ3) is 18.0. The topological polar surface area (TPSA) is 59.6 Å². The smallest absolute Gasteiger partial charge is 0.188 e. The van der Waals surface area contributed by atoms with E-state index in [1.54, 1.807) is 0 Å². The van der Waals surface area contributed by atoms with Crippen LogP contribution in [0.3, 0.4) is 0 Å². The Labute approximate surface area is 136 Å². The number of nitrogens with one attached hydrogen (secondary N) is 1. The van der Waals surface area contributed by atoms with Gasteiger partial charge < -0.3 is 15.8 Å². The first-order valence-electron chi connectivity index (χ1n) is 7.42. The number of aliphatic imine (C=N–C) groups is 1. The summed E-state index contributed by atoms with van der Waals surface area (Å²) in [6.07, 6.45) is 8.28. The average Bonchev–Trinajstić information content (AvgIpc) is 2.37. The fourth-order valence-electron chi connectivity index (χ4n) is 1.54. The highest BCUT2D eigenvalue weighted by Gasteiger charge is 1.92. The monoisotopic (exact) mass is 385 g/mol. The first-order valence-corrected chi connectivity index (χ1v) is 7.42. The van der Waals surface area contributed by atoms with Gasteiger partial charge in [0.2, 0.25) is 0 Å². The second kappa shape index (κ2) is 18.0. The number of nitrogens with zero attached hydrogens (tertiary/aromatic N) is 1. The van der Waals surface area contributed by atoms with E-state index in [4.69, 9.17) is 10.5 Å². The Morgan fingerprint density at radius 2 is 1.68 bits per heavy atom. The van der Waals surface area contributed by atoms with Gasteiger partial charge in [0.05, 0.1) is 0 Å². The number of hydrogen-bond acceptors (Lipinski definition) is 2. The van der Waals surface area contributed by atoms with Gasteiger partial charge in [-0.25, -0.2) is 0 Å². The van der Waals surface area contributed by atoms with Crippen LogP contribution in [0.2, 0.25) is 0 Å². The van der Waals surface area contributed by atoms with E-state index in [1.165, 1.54) is 32.1 Å². The summed E-state index contributed by atoms with van der Waals surface area (Å²) < 4.78 is 5.45. The van der Waals surface area contributed by atoms with Crippen molar-refractivity contribution in [3.63, 3.8) is 0 Å². The van der Waals surface area contributed by atoms with Crippen LogP contribution in [0.4, 0.5) is 0 Å². The molecule has 4 nitrogen and oxygen atoms in total. The number of nitrogens with two attached hydrogens (primary N) is 1. The van der Waals surface area contributed by atoms with Gasteiger partial charge >= 0.3 is 0 Å². The maximum absolute atomic E-state index is 5.75. The number of ether oxygens (including phenoxy) is 1. The van der Waals surface area contributed by atoms with Crippen LogP contribution in [0.1, 0.15) is 58.8 Å². The zero-order valence-corrected chi connectivity index (χ0v) is 14.9. The summed E-state index contributed by atoms with van der Waals surface area (Å²) in [6.45, 7) is 7.72. The van der Waals surface area contributed by atoms with Crippen LogP contribution < -0.4 is 11.1 Å². The molecule has 5 heteroatoms. The van der Waals surface area contributed by atoms with E-state index in [0.717, 1.165) is 39.1 Å². The van der Waals surface area contributed by atoms with Crippen molar-refractivity contribution in [3.05, 3.63) is 0 Å². The molecule has 0 aliphatic heterocycles. The van der Waals surface area contributed by atoms with Crippen molar-refractivity contribution < 1.29 is 4.74 Å². The van der Waals surface area contributed by atoms with Crippen molar-refractivity contribution in [1.29, 1.82) is 0 Å². The minimum atomic E-state index is 0. The van der Waals surface area contributed by atoms with Gasteiger partial charge in [0.1, 0.15) is 0 Å². The molecule has 19 heavy (non-hydrogen) atoms. The van der Waals surface area contributed by atoms with Gasteiger partial charge in [0.15, 0.2) is 5.96 Å². The van der Waals surface area contributed by atoms with Crippen molar-refractivity contribution >= 4 is 29.9 Å². The highest BCUT2D eigenvalue weighted by atomic mass is 127. The molecule has 0 aromatic rings. The molecule has 0 unspecified atom stereocenters. The second-order valence-corrected chi connectivity index (χ2v) is 4.57. The molecule has 0 radical (unpaired) electrons. The number of halogens is 1. The maximum Gasteiger partial charge on any atom is 0.188 e. The molecule has 116 valence electrons. The van der Waals surface area contributed by atoms with Crippen molar-refractivity contribution in [2.45, 2.75) is 58.8 Å². The number of unbranched alkanes of at least 4 members (excludes halogenated alkanes) is 4. The van der Waals surface area contributed by atoms with E-state index in [0.29, 0.717) is 5.96 Å². The van der Waals surface area contributed by atoms with Crippen LogP contribution in [0.5, 0.6) is 0 Å². The van der Waals surface area contributed by atoms with Crippen LogP contribution in [0.25, 0.3) is 0 Å². The Hall–Kier alpha value is -0.0400. The highest BCUT2D eigenvalue weighted by molar-refractivity contribution is 14.0. The molecule has 0 saturated carbocycles. The SMILES string of the molecule is CCCCCCNC(N)=NCCCOCCCC.I.